The zero-order chi connectivity index (χ0) is 50.6. The topological polar surface area (TPSA) is 61.8 Å². The lowest BCUT2D eigenvalue weighted by Crippen LogP contribution is -2.30. The molecule has 0 heterocycles. The maximum absolute atomic E-state index is 12.9. The minimum absolute atomic E-state index is 0.0478. The molecule has 0 aliphatic carbocycles. The lowest BCUT2D eigenvalue weighted by atomic mass is 10.1. The van der Waals surface area contributed by atoms with Gasteiger partial charge >= 0.3 is 11.9 Å². The van der Waals surface area contributed by atoms with Crippen molar-refractivity contribution in [3.63, 3.8) is 0 Å². The summed E-state index contributed by atoms with van der Waals surface area (Å²) in [7, 11) is 0. The predicted molar refractivity (Wildman–Crippen MR) is 306 cm³/mol. The average molecular weight is 966 g/mol. The fourth-order valence-corrected chi connectivity index (χ4v) is 7.25. The molecule has 1 atom stereocenters. The maximum Gasteiger partial charge on any atom is 0.306 e. The molecule has 0 saturated heterocycles. The van der Waals surface area contributed by atoms with E-state index in [2.05, 4.69) is 167 Å². The fraction of sp³-hybridized carbons (Fsp3) is 0.600. The van der Waals surface area contributed by atoms with Crippen molar-refractivity contribution in [2.75, 3.05) is 19.8 Å². The largest absolute Gasteiger partial charge is 0.462 e. The van der Waals surface area contributed by atoms with Gasteiger partial charge in [0.25, 0.3) is 0 Å². The molecule has 0 saturated carbocycles. The number of ether oxygens (including phenoxy) is 3. The third-order valence-electron chi connectivity index (χ3n) is 11.4. The second-order valence-electron chi connectivity index (χ2n) is 18.0. The van der Waals surface area contributed by atoms with Crippen LogP contribution in [0.15, 0.2) is 146 Å². The van der Waals surface area contributed by atoms with Gasteiger partial charge in [0.15, 0.2) is 6.10 Å². The molecule has 0 rings (SSSR count). The summed E-state index contributed by atoms with van der Waals surface area (Å²) < 4.78 is 17.4. The van der Waals surface area contributed by atoms with E-state index in [-0.39, 0.29) is 25.2 Å². The quantitative estimate of drug-likeness (QED) is 0.0345. The van der Waals surface area contributed by atoms with Crippen molar-refractivity contribution in [3.05, 3.63) is 146 Å². The first-order valence-corrected chi connectivity index (χ1v) is 28.4. The Hall–Kier alpha value is -4.22. The molecule has 70 heavy (non-hydrogen) atoms. The highest BCUT2D eigenvalue weighted by Gasteiger charge is 2.17. The molecule has 0 aliphatic rings. The molecule has 0 N–H and O–H groups in total. The van der Waals surface area contributed by atoms with Gasteiger partial charge in [-0.25, -0.2) is 0 Å². The van der Waals surface area contributed by atoms with E-state index in [0.717, 1.165) is 161 Å². The normalized spacial score (nSPS) is 13.4. The van der Waals surface area contributed by atoms with Crippen molar-refractivity contribution >= 4 is 11.9 Å². The Morgan fingerprint density at radius 2 is 0.600 bits per heavy atom. The Bertz CT molecular complexity index is 1510. The molecule has 1 unspecified atom stereocenters. The first-order valence-electron chi connectivity index (χ1n) is 28.4. The van der Waals surface area contributed by atoms with E-state index in [1.807, 2.05) is 0 Å². The number of hydrogen-bond acceptors (Lipinski definition) is 5. The van der Waals surface area contributed by atoms with Gasteiger partial charge in [-0.05, 0) is 135 Å². The summed E-state index contributed by atoms with van der Waals surface area (Å²) in [5.41, 5.74) is 0. The molecule has 394 valence electrons. The van der Waals surface area contributed by atoms with Crippen LogP contribution >= 0.6 is 0 Å². The highest BCUT2D eigenvalue weighted by Crippen LogP contribution is 2.13. The van der Waals surface area contributed by atoms with Crippen molar-refractivity contribution in [1.29, 1.82) is 0 Å². The molecule has 0 fully saturated rings. The van der Waals surface area contributed by atoms with Crippen LogP contribution in [0.5, 0.6) is 0 Å². The zero-order valence-corrected chi connectivity index (χ0v) is 45.2. The van der Waals surface area contributed by atoms with Crippen LogP contribution in [0.2, 0.25) is 0 Å². The summed E-state index contributed by atoms with van der Waals surface area (Å²) >= 11 is 0. The number of hydrogen-bond donors (Lipinski definition) is 0. The molecule has 0 aromatic rings. The molecule has 5 heteroatoms. The van der Waals surface area contributed by atoms with E-state index >= 15 is 0 Å². The minimum atomic E-state index is -0.578. The van der Waals surface area contributed by atoms with Crippen LogP contribution in [0.4, 0.5) is 0 Å². The molecule has 5 nitrogen and oxygen atoms in total. The van der Waals surface area contributed by atoms with E-state index in [9.17, 15) is 9.59 Å². The van der Waals surface area contributed by atoms with Gasteiger partial charge in [-0.15, -0.1) is 0 Å². The Labute approximate surface area is 431 Å². The molecule has 0 radical (unpaired) electrons. The van der Waals surface area contributed by atoms with Gasteiger partial charge in [0.1, 0.15) is 6.61 Å². The number of carbonyl (C=O) groups is 2. The Kier molecular flexibility index (Phi) is 55.5. The second kappa shape index (κ2) is 59.1. The summed E-state index contributed by atoms with van der Waals surface area (Å²) in [4.78, 5) is 25.5. The van der Waals surface area contributed by atoms with Crippen LogP contribution in [0.3, 0.4) is 0 Å². The van der Waals surface area contributed by atoms with Crippen LogP contribution in [0.1, 0.15) is 226 Å². The van der Waals surface area contributed by atoms with E-state index in [0.29, 0.717) is 19.4 Å². The summed E-state index contributed by atoms with van der Waals surface area (Å²) in [5.74, 6) is -0.467. The second-order valence-corrected chi connectivity index (χ2v) is 18.0. The van der Waals surface area contributed by atoms with Crippen molar-refractivity contribution in [2.45, 2.75) is 232 Å². The number of allylic oxidation sites excluding steroid dienone is 24. The highest BCUT2D eigenvalue weighted by molar-refractivity contribution is 5.70. The summed E-state index contributed by atoms with van der Waals surface area (Å²) in [6, 6.07) is 0. The molecular weight excluding hydrogens is 861 g/mol. The smallest absolute Gasteiger partial charge is 0.306 e. The summed E-state index contributed by atoms with van der Waals surface area (Å²) in [6.07, 6.45) is 85.8. The van der Waals surface area contributed by atoms with Gasteiger partial charge in [-0.1, -0.05) is 224 Å². The highest BCUT2D eigenvalue weighted by atomic mass is 16.6. The lowest BCUT2D eigenvalue weighted by molar-refractivity contribution is -0.163. The number of unbranched alkanes of at least 4 members (excludes halogenated alkanes) is 15. The monoisotopic (exact) mass is 965 g/mol. The average Bonchev–Trinajstić information content (AvgIpc) is 3.36. The lowest BCUT2D eigenvalue weighted by Gasteiger charge is -2.18. The number of esters is 2. The molecular formula is C65H104O5. The van der Waals surface area contributed by atoms with Crippen molar-refractivity contribution < 1.29 is 23.8 Å². The Morgan fingerprint density at radius 1 is 0.314 bits per heavy atom. The van der Waals surface area contributed by atoms with Gasteiger partial charge < -0.3 is 14.2 Å². The molecule has 0 aromatic heterocycles. The van der Waals surface area contributed by atoms with Crippen LogP contribution < -0.4 is 0 Å². The van der Waals surface area contributed by atoms with Crippen LogP contribution in [0, 0.1) is 0 Å². The van der Waals surface area contributed by atoms with Gasteiger partial charge in [-0.2, -0.15) is 0 Å². The number of rotatable bonds is 50. The molecule has 0 aromatic carbocycles. The Morgan fingerprint density at radius 3 is 0.957 bits per heavy atom. The van der Waals surface area contributed by atoms with Gasteiger partial charge in [0.2, 0.25) is 0 Å². The molecule has 0 bridgehead atoms. The molecule has 0 amide bonds. The first-order chi connectivity index (χ1) is 34.6. The maximum atomic E-state index is 12.9. The van der Waals surface area contributed by atoms with E-state index in [1.165, 1.54) is 32.1 Å². The van der Waals surface area contributed by atoms with Crippen LogP contribution in [0.25, 0.3) is 0 Å². The van der Waals surface area contributed by atoms with Gasteiger partial charge in [0.05, 0.1) is 6.61 Å². The van der Waals surface area contributed by atoms with Crippen molar-refractivity contribution in [2.24, 2.45) is 0 Å². The Balaban J connectivity index is 4.42. The summed E-state index contributed by atoms with van der Waals surface area (Å²) in [6.45, 7) is 7.40. The third kappa shape index (κ3) is 56.4. The predicted octanol–water partition coefficient (Wildman–Crippen LogP) is 19.7. The van der Waals surface area contributed by atoms with Crippen molar-refractivity contribution in [3.8, 4) is 0 Å². The SMILES string of the molecule is CC/C=C\C/C=C\C/C=C\C/C=C\CCCCCCCCCOCC(COC(=O)CCCCCC/C=C\C/C=C\C/C=C\C/C=C\CC)OC(=O)CCCCCC/C=C\C/C=C\C/C=C\C/C=C\CC. The van der Waals surface area contributed by atoms with Crippen LogP contribution in [-0.4, -0.2) is 37.9 Å². The van der Waals surface area contributed by atoms with Crippen LogP contribution in [-0.2, 0) is 23.8 Å². The zero-order valence-electron chi connectivity index (χ0n) is 45.2. The molecule has 0 spiro atoms. The van der Waals surface area contributed by atoms with Gasteiger partial charge in [0, 0.05) is 19.4 Å². The first kappa shape index (κ1) is 65.8. The molecule has 0 aliphatic heterocycles. The standard InChI is InChI=1S/C65H104O5/c1-4-7-10-13-16-19-22-25-28-31-32-33-36-39-42-45-48-51-54-57-60-68-61-63(70-65(67)59-56-53-50-47-44-41-38-35-30-27-24-21-18-15-12-9-6-3)62-69-64(66)58-55-52-49-46-43-40-37-34-29-26-23-20-17-14-11-8-5-2/h7-12,16-21,25-30,32-33,37-38,40-41,63H,4-6,13-15,22-24,31,34-36,39,42-62H2,1-3H3/b10-7-,11-8-,12-9-,19-16-,20-17-,21-18-,28-25-,29-26-,30-27-,33-32-,40-37-,41-38-. The number of carbonyl (C=O) groups excluding carboxylic acids is 2. The van der Waals surface area contributed by atoms with E-state index < -0.39 is 6.10 Å². The summed E-state index contributed by atoms with van der Waals surface area (Å²) in [5, 5.41) is 0. The van der Waals surface area contributed by atoms with E-state index in [1.54, 1.807) is 0 Å². The third-order valence-corrected chi connectivity index (χ3v) is 11.4. The van der Waals surface area contributed by atoms with Crippen molar-refractivity contribution in [1.82, 2.24) is 0 Å². The van der Waals surface area contributed by atoms with Gasteiger partial charge in [-0.3, -0.25) is 9.59 Å². The minimum Gasteiger partial charge on any atom is -0.462 e. The van der Waals surface area contributed by atoms with E-state index in [4.69, 9.17) is 14.2 Å². The fourth-order valence-electron chi connectivity index (χ4n) is 7.25.